The summed E-state index contributed by atoms with van der Waals surface area (Å²) >= 11 is -2.40. The molecule has 3 aliphatic rings. The van der Waals surface area contributed by atoms with Gasteiger partial charge in [0.2, 0.25) is 0 Å². The first-order valence-electron chi connectivity index (χ1n) is 12.1. The van der Waals surface area contributed by atoms with Crippen LogP contribution in [0.3, 0.4) is 0 Å². The monoisotopic (exact) mass is 514 g/mol. The lowest BCUT2D eigenvalue weighted by atomic mass is 9.68. The van der Waals surface area contributed by atoms with Gasteiger partial charge in [0, 0.05) is 47.0 Å². The summed E-state index contributed by atoms with van der Waals surface area (Å²) in [7, 11) is 0. The maximum Gasteiger partial charge on any atom is 0.251 e. The number of fused-ring (bicyclic) bond motifs is 3. The lowest BCUT2D eigenvalue weighted by Crippen LogP contribution is -2.58. The summed E-state index contributed by atoms with van der Waals surface area (Å²) in [5.74, 6) is 1.16. The first kappa shape index (κ1) is 23.7. The minimum Gasteiger partial charge on any atom is -0.768 e. The summed E-state index contributed by atoms with van der Waals surface area (Å²) in [6.45, 7) is 1.81. The number of aromatic nitrogens is 3. The number of carbonyl (C=O) groups is 1. The lowest BCUT2D eigenvalue weighted by molar-refractivity contribution is -0.0533. The van der Waals surface area contributed by atoms with E-state index in [1.807, 2.05) is 36.4 Å². The zero-order valence-corrected chi connectivity index (χ0v) is 20.6. The van der Waals surface area contributed by atoms with Gasteiger partial charge in [0.15, 0.2) is 0 Å². The lowest BCUT2D eigenvalue weighted by Gasteiger charge is -2.51. The molecule has 1 saturated carbocycles. The molecule has 2 unspecified atom stereocenters. The molecule has 4 aromatic rings. The summed E-state index contributed by atoms with van der Waals surface area (Å²) in [5, 5.41) is 13.7. The van der Waals surface area contributed by atoms with Gasteiger partial charge >= 0.3 is 0 Å². The second-order valence-corrected chi connectivity index (χ2v) is 10.5. The van der Waals surface area contributed by atoms with Crippen molar-refractivity contribution in [1.82, 2.24) is 20.3 Å². The molecule has 1 aliphatic carbocycles. The SMILES string of the molecule is O=C(NCc1cc2nc(-c3cccc(N4C[C@H]5C[C@@H](C4)C5O)n3)ccc2cn1)c1cccc(S(=O)[O-])c1. The second kappa shape index (κ2) is 9.62. The molecule has 10 heteroatoms. The number of rotatable bonds is 6. The Morgan fingerprint density at radius 3 is 2.62 bits per heavy atom. The van der Waals surface area contributed by atoms with Crippen LogP contribution in [0.5, 0.6) is 0 Å². The van der Waals surface area contributed by atoms with E-state index in [0.29, 0.717) is 17.5 Å². The Bertz CT molecular complexity index is 1520. The van der Waals surface area contributed by atoms with Gasteiger partial charge in [0.1, 0.15) is 5.82 Å². The Balaban J connectivity index is 1.19. The molecule has 3 fully saturated rings. The molecule has 2 aliphatic heterocycles. The van der Waals surface area contributed by atoms with Crippen molar-refractivity contribution in [3.05, 3.63) is 78.1 Å². The fourth-order valence-electron chi connectivity index (χ4n) is 5.10. The average molecular weight is 515 g/mol. The average Bonchev–Trinajstić information content (AvgIpc) is 2.95. The maximum absolute atomic E-state index is 12.5. The molecule has 0 spiro atoms. The molecule has 3 aromatic heterocycles. The van der Waals surface area contributed by atoms with Crippen LogP contribution in [0.4, 0.5) is 5.82 Å². The summed E-state index contributed by atoms with van der Waals surface area (Å²) in [6.07, 6.45) is 2.63. The number of pyridine rings is 3. The highest BCUT2D eigenvalue weighted by atomic mass is 32.2. The van der Waals surface area contributed by atoms with Crippen molar-refractivity contribution in [1.29, 1.82) is 0 Å². The first-order valence-corrected chi connectivity index (χ1v) is 13.2. The van der Waals surface area contributed by atoms with E-state index in [0.717, 1.165) is 47.6 Å². The molecule has 2 N–H and O–H groups in total. The highest BCUT2D eigenvalue weighted by Crippen LogP contribution is 2.41. The van der Waals surface area contributed by atoms with E-state index < -0.39 is 11.1 Å². The van der Waals surface area contributed by atoms with Gasteiger partial charge in [-0.05, 0) is 66.0 Å². The van der Waals surface area contributed by atoms with Crippen molar-refractivity contribution in [2.45, 2.75) is 24.0 Å². The second-order valence-electron chi connectivity index (χ2n) is 9.54. The van der Waals surface area contributed by atoms with E-state index in [1.165, 1.54) is 18.2 Å². The zero-order valence-electron chi connectivity index (χ0n) is 19.8. The van der Waals surface area contributed by atoms with E-state index in [4.69, 9.17) is 9.97 Å². The van der Waals surface area contributed by atoms with E-state index in [9.17, 15) is 18.7 Å². The number of benzene rings is 1. The number of piperidine rings is 2. The molecule has 1 amide bonds. The molecule has 9 nitrogen and oxygen atoms in total. The van der Waals surface area contributed by atoms with E-state index in [-0.39, 0.29) is 29.0 Å². The number of carbonyl (C=O) groups excluding carboxylic acids is 1. The van der Waals surface area contributed by atoms with Crippen molar-refractivity contribution in [2.24, 2.45) is 11.8 Å². The Hall–Kier alpha value is -3.73. The minimum atomic E-state index is -2.40. The smallest absolute Gasteiger partial charge is 0.251 e. The number of aliphatic hydroxyl groups is 1. The third kappa shape index (κ3) is 4.71. The van der Waals surface area contributed by atoms with Gasteiger partial charge in [0.25, 0.3) is 5.91 Å². The quantitative estimate of drug-likeness (QED) is 0.376. The number of nitrogens with zero attached hydrogens (tertiary/aromatic N) is 4. The van der Waals surface area contributed by atoms with Crippen molar-refractivity contribution in [2.75, 3.05) is 18.0 Å². The molecule has 2 saturated heterocycles. The summed E-state index contributed by atoms with van der Waals surface area (Å²) in [5.41, 5.74) is 3.12. The molecule has 4 atom stereocenters. The van der Waals surface area contributed by atoms with Crippen LogP contribution in [0.1, 0.15) is 22.5 Å². The first-order chi connectivity index (χ1) is 17.9. The number of amides is 1. The van der Waals surface area contributed by atoms with Gasteiger partial charge in [-0.3, -0.25) is 14.0 Å². The summed E-state index contributed by atoms with van der Waals surface area (Å²) in [6, 6.07) is 17.4. The fourth-order valence-corrected chi connectivity index (χ4v) is 5.52. The number of anilines is 1. The normalized spacial score (nSPS) is 21.4. The van der Waals surface area contributed by atoms with Crippen LogP contribution in [0, 0.1) is 11.8 Å². The van der Waals surface area contributed by atoms with E-state index in [2.05, 4.69) is 15.2 Å². The van der Waals surface area contributed by atoms with Gasteiger partial charge in [0.05, 0.1) is 35.2 Å². The summed E-state index contributed by atoms with van der Waals surface area (Å²) < 4.78 is 22.3. The van der Waals surface area contributed by atoms with Gasteiger partial charge in [-0.25, -0.2) is 9.97 Å². The molecule has 1 aromatic carbocycles. The third-order valence-corrected chi connectivity index (χ3v) is 7.79. The van der Waals surface area contributed by atoms with Gasteiger partial charge < -0.3 is 19.9 Å². The maximum atomic E-state index is 12.5. The minimum absolute atomic E-state index is 0.0561. The van der Waals surface area contributed by atoms with Crippen LogP contribution < -0.4 is 10.2 Å². The number of nitrogens with one attached hydrogen (secondary N) is 1. The van der Waals surface area contributed by atoms with Crippen LogP contribution in [-0.2, 0) is 17.6 Å². The molecule has 0 radical (unpaired) electrons. The van der Waals surface area contributed by atoms with E-state index in [1.54, 1.807) is 12.3 Å². The van der Waals surface area contributed by atoms with Crippen LogP contribution in [0.2, 0.25) is 0 Å². The van der Waals surface area contributed by atoms with Gasteiger partial charge in [-0.15, -0.1) is 0 Å². The van der Waals surface area contributed by atoms with Crippen LogP contribution >= 0.6 is 0 Å². The van der Waals surface area contributed by atoms with Crippen molar-refractivity contribution < 1.29 is 18.7 Å². The van der Waals surface area contributed by atoms with Crippen LogP contribution in [-0.4, -0.2) is 53.9 Å². The van der Waals surface area contributed by atoms with Gasteiger partial charge in [-0.1, -0.05) is 12.1 Å². The molecule has 188 valence electrons. The molecule has 7 rings (SSSR count). The van der Waals surface area contributed by atoms with Crippen LogP contribution in [0.15, 0.2) is 71.8 Å². The largest absolute Gasteiger partial charge is 0.768 e. The van der Waals surface area contributed by atoms with Crippen molar-refractivity contribution in [3.8, 4) is 11.4 Å². The van der Waals surface area contributed by atoms with Crippen molar-refractivity contribution >= 4 is 33.7 Å². The highest BCUT2D eigenvalue weighted by Gasteiger charge is 2.45. The topological polar surface area (TPSA) is 131 Å². The predicted molar refractivity (Wildman–Crippen MR) is 137 cm³/mol. The van der Waals surface area contributed by atoms with Gasteiger partial charge in [-0.2, -0.15) is 0 Å². The highest BCUT2D eigenvalue weighted by molar-refractivity contribution is 7.79. The molecular weight excluding hydrogens is 490 g/mol. The Kier molecular flexibility index (Phi) is 6.15. The molecular formula is C27H24N5O4S-. The summed E-state index contributed by atoms with van der Waals surface area (Å²) in [4.78, 5) is 28.9. The Morgan fingerprint density at radius 1 is 1.05 bits per heavy atom. The predicted octanol–water partition coefficient (Wildman–Crippen LogP) is 2.68. The molecule has 2 bridgehead atoms. The number of hydrogen-bond donors (Lipinski definition) is 2. The zero-order chi connectivity index (χ0) is 25.5. The molecule has 37 heavy (non-hydrogen) atoms. The number of aliphatic hydroxyl groups excluding tert-OH is 1. The van der Waals surface area contributed by atoms with Crippen molar-refractivity contribution in [3.63, 3.8) is 0 Å². The number of hydrogen-bond acceptors (Lipinski definition) is 8. The Labute approximate surface area is 215 Å². The van der Waals surface area contributed by atoms with Crippen LogP contribution in [0.25, 0.3) is 22.3 Å². The fraction of sp³-hybridized carbons (Fsp3) is 0.259. The standard InChI is InChI=1S/C27H25N5O4S/c33-26-18-9-19(26)15-32(14-18)25-6-2-5-22(31-25)23-8-7-17-12-28-20(11-24(17)30-23)13-29-27(34)16-3-1-4-21(10-16)37(35)36/h1-8,10-12,18-19,26,33H,9,13-15H2,(H,29,34)(H,35,36)/p-1/t18-,19+,26?. The Morgan fingerprint density at radius 2 is 1.84 bits per heavy atom. The third-order valence-electron chi connectivity index (χ3n) is 7.15. The van der Waals surface area contributed by atoms with E-state index >= 15 is 0 Å². The molecule has 5 heterocycles.